The van der Waals surface area contributed by atoms with Crippen molar-refractivity contribution in [2.75, 3.05) is 4.90 Å². The van der Waals surface area contributed by atoms with Gasteiger partial charge in [-0.05, 0) is 87.5 Å². The lowest BCUT2D eigenvalue weighted by atomic mass is 9.96. The second-order valence-corrected chi connectivity index (χ2v) is 14.4. The predicted molar refractivity (Wildman–Crippen MR) is 230 cm³/mol. The van der Waals surface area contributed by atoms with E-state index in [-0.39, 0.29) is 5.91 Å². The first-order valence-corrected chi connectivity index (χ1v) is 19.0. The number of aliphatic hydroxyl groups is 1. The Morgan fingerprint density at radius 3 is 1.55 bits per heavy atom. The van der Waals surface area contributed by atoms with E-state index >= 15 is 0 Å². The van der Waals surface area contributed by atoms with Crippen LogP contribution in [-0.4, -0.2) is 15.6 Å². The van der Waals surface area contributed by atoms with Crippen molar-refractivity contribution in [1.82, 2.24) is 4.57 Å². The van der Waals surface area contributed by atoms with Gasteiger partial charge in [0.05, 0.1) is 45.7 Å². The Morgan fingerprint density at radius 2 is 0.966 bits per heavy atom. The molecule has 0 saturated heterocycles. The molecule has 1 aromatic heterocycles. The van der Waals surface area contributed by atoms with Crippen LogP contribution in [0.25, 0.3) is 72.0 Å². The standard InChI is InChI=1S/C52H32N4O2/c53-31-38-16-7-9-18-40(38)36-22-25-42-43-26-23-37(41-19-10-8-17-39(41)32-54)30-49(43)55(48(42)29-36)47-21-11-20-44-50(47)52(58)56(51(44)57)46-27-24-35(33-12-3-1-4-13-33)28-45(46)34-14-5-2-6-15-34/h1-30,52,58H. The second-order valence-electron chi connectivity index (χ2n) is 14.4. The molecule has 10 rings (SSSR count). The van der Waals surface area contributed by atoms with Crippen molar-refractivity contribution in [2.45, 2.75) is 6.23 Å². The lowest BCUT2D eigenvalue weighted by Gasteiger charge is -2.25. The number of fused-ring (bicyclic) bond motifs is 4. The van der Waals surface area contributed by atoms with Gasteiger partial charge in [-0.15, -0.1) is 0 Å². The minimum absolute atomic E-state index is 0.304. The topological polar surface area (TPSA) is 93.0 Å². The van der Waals surface area contributed by atoms with Crippen molar-refractivity contribution in [1.29, 1.82) is 10.5 Å². The van der Waals surface area contributed by atoms with Crippen LogP contribution in [0.15, 0.2) is 182 Å². The molecular weight excluding hydrogens is 713 g/mol. The van der Waals surface area contributed by atoms with Crippen molar-refractivity contribution in [3.8, 4) is 62.3 Å². The van der Waals surface area contributed by atoms with Crippen LogP contribution in [0.2, 0.25) is 0 Å². The molecule has 0 spiro atoms. The highest BCUT2D eigenvalue weighted by molar-refractivity contribution is 6.15. The maximum Gasteiger partial charge on any atom is 0.261 e. The molecule has 6 heteroatoms. The third-order valence-corrected chi connectivity index (χ3v) is 11.2. The van der Waals surface area contributed by atoms with Crippen LogP contribution >= 0.6 is 0 Å². The summed E-state index contributed by atoms with van der Waals surface area (Å²) >= 11 is 0. The number of nitriles is 2. The summed E-state index contributed by atoms with van der Waals surface area (Å²) in [5.74, 6) is -0.304. The summed E-state index contributed by atoms with van der Waals surface area (Å²) < 4.78 is 2.11. The van der Waals surface area contributed by atoms with Crippen LogP contribution in [0.1, 0.15) is 33.3 Å². The molecule has 0 radical (unpaired) electrons. The molecule has 1 unspecified atom stereocenters. The Kier molecular flexibility index (Phi) is 8.27. The molecule has 8 aromatic carbocycles. The summed E-state index contributed by atoms with van der Waals surface area (Å²) in [4.78, 5) is 16.2. The molecule has 0 bridgehead atoms. The van der Waals surface area contributed by atoms with Gasteiger partial charge in [0.15, 0.2) is 6.23 Å². The van der Waals surface area contributed by atoms with E-state index in [0.29, 0.717) is 33.6 Å². The average molecular weight is 745 g/mol. The minimum atomic E-state index is -1.32. The highest BCUT2D eigenvalue weighted by Crippen LogP contribution is 2.46. The molecule has 0 fully saturated rings. The molecule has 0 saturated carbocycles. The van der Waals surface area contributed by atoms with Crippen molar-refractivity contribution in [2.24, 2.45) is 0 Å². The first-order valence-electron chi connectivity index (χ1n) is 19.0. The van der Waals surface area contributed by atoms with Crippen molar-refractivity contribution < 1.29 is 9.90 Å². The van der Waals surface area contributed by atoms with Crippen LogP contribution < -0.4 is 4.90 Å². The number of rotatable bonds is 6. The van der Waals surface area contributed by atoms with Gasteiger partial charge in [-0.1, -0.05) is 133 Å². The molecule has 1 aliphatic rings. The van der Waals surface area contributed by atoms with E-state index in [9.17, 15) is 20.4 Å². The molecule has 0 aliphatic carbocycles. The molecule has 1 atom stereocenters. The number of hydrogen-bond donors (Lipinski definition) is 1. The zero-order valence-corrected chi connectivity index (χ0v) is 31.0. The summed E-state index contributed by atoms with van der Waals surface area (Å²) in [7, 11) is 0. The molecule has 272 valence electrons. The Morgan fingerprint density at radius 1 is 0.448 bits per heavy atom. The van der Waals surface area contributed by atoms with E-state index in [1.807, 2.05) is 133 Å². The SMILES string of the molecule is N#Cc1ccccc1-c1ccc2c3ccc(-c4ccccc4C#N)cc3n(-c3cccc4c3C(O)N(c3ccc(-c5ccccc5)cc3-c3ccccc3)C4=O)c2c1. The van der Waals surface area contributed by atoms with Gasteiger partial charge in [0.1, 0.15) is 0 Å². The van der Waals surface area contributed by atoms with Crippen molar-refractivity contribution >= 4 is 33.4 Å². The summed E-state index contributed by atoms with van der Waals surface area (Å²) in [5, 5.41) is 34.5. The third-order valence-electron chi connectivity index (χ3n) is 11.2. The van der Waals surface area contributed by atoms with Crippen LogP contribution in [0.4, 0.5) is 5.69 Å². The summed E-state index contributed by atoms with van der Waals surface area (Å²) in [5.41, 5.74) is 12.1. The summed E-state index contributed by atoms with van der Waals surface area (Å²) in [6.07, 6.45) is -1.32. The molecule has 1 amide bonds. The van der Waals surface area contributed by atoms with Gasteiger partial charge in [-0.3, -0.25) is 9.69 Å². The number of nitrogens with zero attached hydrogens (tertiary/aromatic N) is 4. The maximum absolute atomic E-state index is 14.7. The van der Waals surface area contributed by atoms with E-state index in [2.05, 4.69) is 59.2 Å². The molecule has 1 aliphatic heterocycles. The van der Waals surface area contributed by atoms with Crippen LogP contribution in [0, 0.1) is 22.7 Å². The zero-order chi connectivity index (χ0) is 39.3. The number of amides is 1. The largest absolute Gasteiger partial charge is 0.369 e. The van der Waals surface area contributed by atoms with Gasteiger partial charge >= 0.3 is 0 Å². The molecule has 1 N–H and O–H groups in total. The summed E-state index contributed by atoms with van der Waals surface area (Å²) in [6, 6.07) is 63.7. The van der Waals surface area contributed by atoms with Gasteiger partial charge in [0.2, 0.25) is 0 Å². The number of benzene rings is 8. The quantitative estimate of drug-likeness (QED) is 0.183. The van der Waals surface area contributed by atoms with E-state index in [1.54, 1.807) is 6.07 Å². The number of aliphatic hydroxyl groups excluding tert-OH is 1. The Bertz CT molecular complexity index is 3070. The zero-order valence-electron chi connectivity index (χ0n) is 31.0. The van der Waals surface area contributed by atoms with Gasteiger partial charge in [0.25, 0.3) is 5.91 Å². The molecule has 9 aromatic rings. The minimum Gasteiger partial charge on any atom is -0.369 e. The number of carbonyl (C=O) groups excluding carboxylic acids is 1. The highest BCUT2D eigenvalue weighted by atomic mass is 16.3. The number of carbonyl (C=O) groups is 1. The monoisotopic (exact) mass is 744 g/mol. The number of anilines is 1. The van der Waals surface area contributed by atoms with E-state index in [0.717, 1.165) is 66.3 Å². The fraction of sp³-hybridized carbons (Fsp3) is 0.0192. The van der Waals surface area contributed by atoms with Crippen LogP contribution in [0.5, 0.6) is 0 Å². The lowest BCUT2D eigenvalue weighted by molar-refractivity contribution is 0.0935. The smallest absolute Gasteiger partial charge is 0.261 e. The van der Waals surface area contributed by atoms with Crippen LogP contribution in [-0.2, 0) is 0 Å². The number of aromatic nitrogens is 1. The predicted octanol–water partition coefficient (Wildman–Crippen LogP) is 11.8. The molecule has 2 heterocycles. The molecule has 58 heavy (non-hydrogen) atoms. The Hall–Kier alpha value is -8.03. The van der Waals surface area contributed by atoms with Gasteiger partial charge in [-0.25, -0.2) is 0 Å². The maximum atomic E-state index is 14.7. The average Bonchev–Trinajstić information content (AvgIpc) is 3.75. The first-order chi connectivity index (χ1) is 28.5. The second kappa shape index (κ2) is 13.9. The van der Waals surface area contributed by atoms with Gasteiger partial charge < -0.3 is 9.67 Å². The Balaban J connectivity index is 1.21. The van der Waals surface area contributed by atoms with E-state index in [1.165, 1.54) is 4.90 Å². The molecular formula is C52H32N4O2. The Labute approximate surface area is 335 Å². The normalized spacial score (nSPS) is 13.4. The first kappa shape index (κ1) is 34.5. The van der Waals surface area contributed by atoms with Gasteiger partial charge in [0, 0.05) is 27.5 Å². The molecule has 6 nitrogen and oxygen atoms in total. The van der Waals surface area contributed by atoms with E-state index in [4.69, 9.17) is 0 Å². The third kappa shape index (κ3) is 5.48. The fourth-order valence-corrected chi connectivity index (χ4v) is 8.50. The fourth-order valence-electron chi connectivity index (χ4n) is 8.50. The van der Waals surface area contributed by atoms with Crippen LogP contribution in [0.3, 0.4) is 0 Å². The highest BCUT2D eigenvalue weighted by Gasteiger charge is 2.40. The summed E-state index contributed by atoms with van der Waals surface area (Å²) in [6.45, 7) is 0. The van der Waals surface area contributed by atoms with Crippen molar-refractivity contribution in [3.63, 3.8) is 0 Å². The van der Waals surface area contributed by atoms with Gasteiger partial charge in [-0.2, -0.15) is 10.5 Å². The van der Waals surface area contributed by atoms with Crippen molar-refractivity contribution in [3.05, 3.63) is 204 Å². The number of hydrogen-bond acceptors (Lipinski definition) is 4. The lowest BCUT2D eigenvalue weighted by Crippen LogP contribution is -2.28. The van der Waals surface area contributed by atoms with E-state index < -0.39 is 6.23 Å².